The molecule has 0 spiro atoms. The molecule has 2 aromatic heterocycles. The summed E-state index contributed by atoms with van der Waals surface area (Å²) in [6.07, 6.45) is 6.10. The maximum atomic E-state index is 12.2. The predicted octanol–water partition coefficient (Wildman–Crippen LogP) is 4.27. The fourth-order valence-electron chi connectivity index (χ4n) is 2.86. The van der Waals surface area contributed by atoms with Gasteiger partial charge in [-0.2, -0.15) is 0 Å². The number of carbonyl (C=O) groups is 1. The van der Waals surface area contributed by atoms with Crippen LogP contribution < -0.4 is 5.32 Å². The first-order valence-electron chi connectivity index (χ1n) is 7.55. The lowest BCUT2D eigenvalue weighted by Crippen LogP contribution is -2.25. The van der Waals surface area contributed by atoms with Crippen molar-refractivity contribution in [3.8, 4) is 0 Å². The van der Waals surface area contributed by atoms with E-state index in [1.807, 2.05) is 30.5 Å². The second-order valence-corrected chi connectivity index (χ2v) is 6.64. The zero-order valence-corrected chi connectivity index (χ0v) is 13.0. The van der Waals surface area contributed by atoms with E-state index in [1.165, 1.54) is 19.3 Å². The van der Waals surface area contributed by atoms with E-state index in [9.17, 15) is 4.79 Å². The van der Waals surface area contributed by atoms with Gasteiger partial charge in [0.15, 0.2) is 0 Å². The SMILES string of the molecule is C[C@@H](NC(=O)c1cc(C2CCCCC2)no1)c1cccs1. The summed E-state index contributed by atoms with van der Waals surface area (Å²) >= 11 is 1.64. The van der Waals surface area contributed by atoms with E-state index in [0.717, 1.165) is 23.4 Å². The lowest BCUT2D eigenvalue weighted by Gasteiger charge is -2.18. The maximum absolute atomic E-state index is 12.2. The first-order chi connectivity index (χ1) is 10.2. The summed E-state index contributed by atoms with van der Waals surface area (Å²) in [5.74, 6) is 0.586. The fourth-order valence-corrected chi connectivity index (χ4v) is 3.60. The Balaban J connectivity index is 1.63. The first-order valence-corrected chi connectivity index (χ1v) is 8.43. The second-order valence-electron chi connectivity index (χ2n) is 5.66. The molecule has 1 saturated carbocycles. The third-order valence-electron chi connectivity index (χ3n) is 4.09. The van der Waals surface area contributed by atoms with Crippen LogP contribution in [0.3, 0.4) is 0 Å². The minimum atomic E-state index is -0.189. The number of thiophene rings is 1. The Bertz CT molecular complexity index is 585. The highest BCUT2D eigenvalue weighted by atomic mass is 32.1. The van der Waals surface area contributed by atoms with Crippen LogP contribution in [-0.2, 0) is 0 Å². The Morgan fingerprint density at radius 2 is 2.24 bits per heavy atom. The van der Waals surface area contributed by atoms with Gasteiger partial charge in [0.2, 0.25) is 5.76 Å². The van der Waals surface area contributed by atoms with Crippen molar-refractivity contribution in [2.24, 2.45) is 0 Å². The van der Waals surface area contributed by atoms with E-state index in [-0.39, 0.29) is 11.9 Å². The molecule has 3 rings (SSSR count). The Morgan fingerprint density at radius 3 is 2.95 bits per heavy atom. The van der Waals surface area contributed by atoms with Gasteiger partial charge in [0.1, 0.15) is 0 Å². The number of amides is 1. The largest absolute Gasteiger partial charge is 0.351 e. The van der Waals surface area contributed by atoms with Crippen LogP contribution in [0.4, 0.5) is 0 Å². The zero-order chi connectivity index (χ0) is 14.7. The Hall–Kier alpha value is -1.62. The molecule has 0 radical (unpaired) electrons. The van der Waals surface area contributed by atoms with E-state index < -0.39 is 0 Å². The number of rotatable bonds is 4. The van der Waals surface area contributed by atoms with Crippen molar-refractivity contribution in [1.29, 1.82) is 0 Å². The summed E-state index contributed by atoms with van der Waals surface area (Å²) in [5.41, 5.74) is 0.934. The third-order valence-corrected chi connectivity index (χ3v) is 5.15. The van der Waals surface area contributed by atoms with Gasteiger partial charge < -0.3 is 9.84 Å². The van der Waals surface area contributed by atoms with Crippen LogP contribution in [0.25, 0.3) is 0 Å². The van der Waals surface area contributed by atoms with Crippen LogP contribution in [0.15, 0.2) is 28.1 Å². The number of hydrogen-bond donors (Lipinski definition) is 1. The quantitative estimate of drug-likeness (QED) is 0.917. The molecule has 0 saturated heterocycles. The molecule has 1 fully saturated rings. The summed E-state index contributed by atoms with van der Waals surface area (Å²) in [4.78, 5) is 13.3. The van der Waals surface area contributed by atoms with Gasteiger partial charge in [-0.05, 0) is 31.2 Å². The average molecular weight is 304 g/mol. The van der Waals surface area contributed by atoms with Gasteiger partial charge in [0.05, 0.1) is 11.7 Å². The topological polar surface area (TPSA) is 55.1 Å². The molecule has 1 aliphatic rings. The molecule has 1 aliphatic carbocycles. The lowest BCUT2D eigenvalue weighted by molar-refractivity contribution is 0.0903. The molecule has 5 heteroatoms. The Labute approximate surface area is 128 Å². The van der Waals surface area contributed by atoms with E-state index >= 15 is 0 Å². The van der Waals surface area contributed by atoms with E-state index in [2.05, 4.69) is 10.5 Å². The molecule has 1 N–H and O–H groups in total. The van der Waals surface area contributed by atoms with Crippen molar-refractivity contribution < 1.29 is 9.32 Å². The number of aromatic nitrogens is 1. The summed E-state index contributed by atoms with van der Waals surface area (Å²) in [6, 6.07) is 5.80. The van der Waals surface area contributed by atoms with Crippen molar-refractivity contribution >= 4 is 17.2 Å². The molecule has 112 valence electrons. The van der Waals surface area contributed by atoms with Gasteiger partial charge in [-0.1, -0.05) is 30.5 Å². The third kappa shape index (κ3) is 3.35. The minimum absolute atomic E-state index is 0.0132. The molecule has 2 aromatic rings. The highest BCUT2D eigenvalue weighted by molar-refractivity contribution is 7.10. The smallest absolute Gasteiger partial charge is 0.290 e. The van der Waals surface area contributed by atoms with Crippen LogP contribution in [0.1, 0.15) is 72.1 Å². The normalized spacial score (nSPS) is 17.6. The van der Waals surface area contributed by atoms with E-state index in [4.69, 9.17) is 4.52 Å². The molecule has 1 atom stereocenters. The van der Waals surface area contributed by atoms with Gasteiger partial charge in [-0.3, -0.25) is 4.79 Å². The number of nitrogens with one attached hydrogen (secondary N) is 1. The molecule has 4 nitrogen and oxygen atoms in total. The summed E-state index contributed by atoms with van der Waals surface area (Å²) in [5, 5.41) is 9.06. The molecule has 0 unspecified atom stereocenters. The lowest BCUT2D eigenvalue weighted by atomic mass is 9.87. The number of carbonyl (C=O) groups excluding carboxylic acids is 1. The van der Waals surface area contributed by atoms with Crippen molar-refractivity contribution in [3.05, 3.63) is 39.9 Å². The standard InChI is InChI=1S/C16H20N2O2S/c1-11(15-8-5-9-21-15)17-16(19)14-10-13(18-20-14)12-6-3-2-4-7-12/h5,8-12H,2-4,6-7H2,1H3,(H,17,19)/t11-/m1/s1. The molecule has 0 aromatic carbocycles. The van der Waals surface area contributed by atoms with E-state index in [1.54, 1.807) is 11.3 Å². The minimum Gasteiger partial charge on any atom is -0.351 e. The maximum Gasteiger partial charge on any atom is 0.290 e. The van der Waals surface area contributed by atoms with Crippen LogP contribution in [0, 0.1) is 0 Å². The highest BCUT2D eigenvalue weighted by Gasteiger charge is 2.22. The van der Waals surface area contributed by atoms with Gasteiger partial charge in [0, 0.05) is 16.9 Å². The predicted molar refractivity (Wildman–Crippen MR) is 82.5 cm³/mol. The zero-order valence-electron chi connectivity index (χ0n) is 12.2. The van der Waals surface area contributed by atoms with Crippen molar-refractivity contribution in [3.63, 3.8) is 0 Å². The molecular weight excluding hydrogens is 284 g/mol. The molecule has 21 heavy (non-hydrogen) atoms. The van der Waals surface area contributed by atoms with Gasteiger partial charge in [-0.15, -0.1) is 11.3 Å². The Morgan fingerprint density at radius 1 is 1.43 bits per heavy atom. The monoisotopic (exact) mass is 304 g/mol. The first kappa shape index (κ1) is 14.3. The van der Waals surface area contributed by atoms with Gasteiger partial charge in [0.25, 0.3) is 5.91 Å². The van der Waals surface area contributed by atoms with Gasteiger partial charge >= 0.3 is 0 Å². The van der Waals surface area contributed by atoms with Crippen molar-refractivity contribution in [2.45, 2.75) is 51.0 Å². The summed E-state index contributed by atoms with van der Waals surface area (Å²) < 4.78 is 5.24. The van der Waals surface area contributed by atoms with Crippen LogP contribution in [-0.4, -0.2) is 11.1 Å². The second kappa shape index (κ2) is 6.43. The average Bonchev–Trinajstić information content (AvgIpc) is 3.20. The van der Waals surface area contributed by atoms with Crippen LogP contribution in [0.2, 0.25) is 0 Å². The number of nitrogens with zero attached hydrogens (tertiary/aromatic N) is 1. The molecule has 2 heterocycles. The van der Waals surface area contributed by atoms with Crippen LogP contribution in [0.5, 0.6) is 0 Å². The van der Waals surface area contributed by atoms with Crippen LogP contribution >= 0.6 is 11.3 Å². The fraction of sp³-hybridized carbons (Fsp3) is 0.500. The summed E-state index contributed by atoms with van der Waals surface area (Å²) in [6.45, 7) is 1.97. The molecule has 0 aliphatic heterocycles. The van der Waals surface area contributed by atoms with Crippen molar-refractivity contribution in [2.75, 3.05) is 0 Å². The Kier molecular flexibility index (Phi) is 4.39. The van der Waals surface area contributed by atoms with E-state index in [0.29, 0.717) is 11.7 Å². The summed E-state index contributed by atoms with van der Waals surface area (Å²) in [7, 11) is 0. The molecule has 1 amide bonds. The molecule has 0 bridgehead atoms. The van der Waals surface area contributed by atoms with Gasteiger partial charge in [-0.25, -0.2) is 0 Å². The molecular formula is C16H20N2O2S. The number of hydrogen-bond acceptors (Lipinski definition) is 4. The van der Waals surface area contributed by atoms with Crippen molar-refractivity contribution in [1.82, 2.24) is 10.5 Å². The highest BCUT2D eigenvalue weighted by Crippen LogP contribution is 2.32.